The molecule has 1 rings (SSSR count). The molecule has 0 fully saturated rings. The second-order valence-electron chi connectivity index (χ2n) is 3.10. The monoisotopic (exact) mass is 255 g/mol. The van der Waals surface area contributed by atoms with Crippen molar-refractivity contribution < 1.29 is 9.53 Å². The Balaban J connectivity index is 3.15. The first kappa shape index (κ1) is 12.9. The standard InChI is InChI=1S/C11H10ClNO2S/c1-15-10(14)4-7-2-3-8(6-13)9(5-12)11(7)16/h2-3,16H,4-5H2,1H3. The highest BCUT2D eigenvalue weighted by Crippen LogP contribution is 2.25. The summed E-state index contributed by atoms with van der Waals surface area (Å²) < 4.78 is 4.57. The van der Waals surface area contributed by atoms with Crippen molar-refractivity contribution in [3.05, 3.63) is 28.8 Å². The number of methoxy groups -OCH3 is 1. The third-order valence-corrected chi connectivity index (χ3v) is 3.01. The van der Waals surface area contributed by atoms with E-state index in [9.17, 15) is 4.79 Å². The Morgan fingerprint density at radius 1 is 1.62 bits per heavy atom. The molecular formula is C11H10ClNO2S. The summed E-state index contributed by atoms with van der Waals surface area (Å²) in [5.41, 5.74) is 1.84. The summed E-state index contributed by atoms with van der Waals surface area (Å²) in [6, 6.07) is 5.36. The van der Waals surface area contributed by atoms with E-state index >= 15 is 0 Å². The molecule has 0 heterocycles. The van der Waals surface area contributed by atoms with Crippen molar-refractivity contribution in [1.82, 2.24) is 0 Å². The van der Waals surface area contributed by atoms with Crippen LogP contribution in [0.15, 0.2) is 17.0 Å². The maximum Gasteiger partial charge on any atom is 0.310 e. The Labute approximate surface area is 104 Å². The summed E-state index contributed by atoms with van der Waals surface area (Å²) in [5.74, 6) is -0.156. The molecule has 0 aliphatic heterocycles. The highest BCUT2D eigenvalue weighted by molar-refractivity contribution is 7.80. The van der Waals surface area contributed by atoms with Gasteiger partial charge >= 0.3 is 5.97 Å². The van der Waals surface area contributed by atoms with E-state index < -0.39 is 0 Å². The van der Waals surface area contributed by atoms with E-state index in [1.165, 1.54) is 7.11 Å². The predicted octanol–water partition coefficient (Wildman–Crippen LogP) is 2.30. The second-order valence-corrected chi connectivity index (χ2v) is 3.81. The Hall–Kier alpha value is -1.18. The maximum atomic E-state index is 11.1. The van der Waals surface area contributed by atoms with Crippen LogP contribution in [0.4, 0.5) is 0 Å². The zero-order valence-electron chi connectivity index (χ0n) is 8.66. The number of carbonyl (C=O) groups excluding carboxylic acids is 1. The first-order valence-electron chi connectivity index (χ1n) is 4.50. The van der Waals surface area contributed by atoms with Crippen molar-refractivity contribution in [1.29, 1.82) is 5.26 Å². The van der Waals surface area contributed by atoms with Crippen LogP contribution in [-0.2, 0) is 21.8 Å². The predicted molar refractivity (Wildman–Crippen MR) is 63.7 cm³/mol. The average Bonchev–Trinajstić information content (AvgIpc) is 2.31. The first-order chi connectivity index (χ1) is 7.63. The normalized spacial score (nSPS) is 9.62. The Morgan fingerprint density at radius 3 is 2.81 bits per heavy atom. The molecular weight excluding hydrogens is 246 g/mol. The quantitative estimate of drug-likeness (QED) is 0.512. The molecule has 0 N–H and O–H groups in total. The van der Waals surface area contributed by atoms with Crippen molar-refractivity contribution in [2.75, 3.05) is 7.11 Å². The number of hydrogen-bond donors (Lipinski definition) is 1. The van der Waals surface area contributed by atoms with Gasteiger partial charge in [-0.3, -0.25) is 4.79 Å². The van der Waals surface area contributed by atoms with E-state index in [2.05, 4.69) is 17.4 Å². The number of nitriles is 1. The molecule has 1 aromatic carbocycles. The second kappa shape index (κ2) is 5.78. The molecule has 0 spiro atoms. The molecule has 0 amide bonds. The number of nitrogens with zero attached hydrogens (tertiary/aromatic N) is 1. The number of benzene rings is 1. The summed E-state index contributed by atoms with van der Waals surface area (Å²) in [7, 11) is 1.33. The van der Waals surface area contributed by atoms with Crippen LogP contribution in [0.25, 0.3) is 0 Å². The highest BCUT2D eigenvalue weighted by atomic mass is 35.5. The van der Waals surface area contributed by atoms with Crippen LogP contribution in [0.3, 0.4) is 0 Å². The average molecular weight is 256 g/mol. The van der Waals surface area contributed by atoms with Crippen LogP contribution < -0.4 is 0 Å². The summed E-state index contributed by atoms with van der Waals surface area (Å²) in [6.07, 6.45) is 0.130. The number of halogens is 1. The molecule has 0 saturated heterocycles. The fourth-order valence-electron chi connectivity index (χ4n) is 1.30. The highest BCUT2D eigenvalue weighted by Gasteiger charge is 2.12. The Morgan fingerprint density at radius 2 is 2.31 bits per heavy atom. The van der Waals surface area contributed by atoms with E-state index in [-0.39, 0.29) is 18.3 Å². The first-order valence-corrected chi connectivity index (χ1v) is 5.48. The smallest absolute Gasteiger partial charge is 0.310 e. The number of ether oxygens (including phenoxy) is 1. The minimum atomic E-state index is -0.347. The SMILES string of the molecule is COC(=O)Cc1ccc(C#N)c(CCl)c1S. The van der Waals surface area contributed by atoms with Gasteiger partial charge in [-0.05, 0) is 17.2 Å². The van der Waals surface area contributed by atoms with Gasteiger partial charge in [-0.15, -0.1) is 24.2 Å². The summed E-state index contributed by atoms with van der Waals surface area (Å²) >= 11 is 10.0. The Bertz CT molecular complexity index is 454. The van der Waals surface area contributed by atoms with Crippen molar-refractivity contribution in [2.45, 2.75) is 17.2 Å². The lowest BCUT2D eigenvalue weighted by atomic mass is 10.0. The molecule has 5 heteroatoms. The van der Waals surface area contributed by atoms with Gasteiger partial charge in [0, 0.05) is 10.8 Å². The van der Waals surface area contributed by atoms with Crippen LogP contribution in [0.5, 0.6) is 0 Å². The lowest BCUT2D eigenvalue weighted by Gasteiger charge is -2.09. The molecule has 16 heavy (non-hydrogen) atoms. The fraction of sp³-hybridized carbons (Fsp3) is 0.273. The van der Waals surface area contributed by atoms with Gasteiger partial charge in [0.25, 0.3) is 0 Å². The molecule has 0 unspecified atom stereocenters. The van der Waals surface area contributed by atoms with Crippen LogP contribution in [0, 0.1) is 11.3 Å². The lowest BCUT2D eigenvalue weighted by Crippen LogP contribution is -2.06. The van der Waals surface area contributed by atoms with E-state index in [4.69, 9.17) is 16.9 Å². The van der Waals surface area contributed by atoms with E-state index in [1.807, 2.05) is 6.07 Å². The van der Waals surface area contributed by atoms with Gasteiger partial charge in [-0.25, -0.2) is 0 Å². The van der Waals surface area contributed by atoms with Gasteiger partial charge in [0.15, 0.2) is 0 Å². The summed E-state index contributed by atoms with van der Waals surface area (Å²) in [6.45, 7) is 0. The van der Waals surface area contributed by atoms with E-state index in [0.717, 1.165) is 0 Å². The number of carbonyl (C=O) groups is 1. The van der Waals surface area contributed by atoms with Crippen LogP contribution >= 0.6 is 24.2 Å². The van der Waals surface area contributed by atoms with E-state index in [0.29, 0.717) is 21.6 Å². The molecule has 0 aliphatic carbocycles. The number of alkyl halides is 1. The van der Waals surface area contributed by atoms with Crippen LogP contribution in [0.2, 0.25) is 0 Å². The van der Waals surface area contributed by atoms with Gasteiger partial charge in [-0.1, -0.05) is 6.07 Å². The zero-order valence-corrected chi connectivity index (χ0v) is 10.3. The van der Waals surface area contributed by atoms with Gasteiger partial charge in [-0.2, -0.15) is 5.26 Å². The molecule has 0 aliphatic rings. The molecule has 0 bridgehead atoms. The minimum absolute atomic E-state index is 0.130. The third kappa shape index (κ3) is 2.69. The molecule has 1 aromatic rings. The minimum Gasteiger partial charge on any atom is -0.469 e. The molecule has 0 radical (unpaired) electrons. The van der Waals surface area contributed by atoms with Gasteiger partial charge in [0.05, 0.1) is 25.2 Å². The van der Waals surface area contributed by atoms with Crippen LogP contribution in [-0.4, -0.2) is 13.1 Å². The van der Waals surface area contributed by atoms with Crippen molar-refractivity contribution in [3.63, 3.8) is 0 Å². The zero-order chi connectivity index (χ0) is 12.1. The maximum absolute atomic E-state index is 11.1. The molecule has 0 atom stereocenters. The van der Waals surface area contributed by atoms with Crippen molar-refractivity contribution in [3.8, 4) is 6.07 Å². The number of rotatable bonds is 3. The Kier molecular flexibility index (Phi) is 4.66. The topological polar surface area (TPSA) is 50.1 Å². The largest absolute Gasteiger partial charge is 0.469 e. The number of hydrogen-bond acceptors (Lipinski definition) is 4. The molecule has 3 nitrogen and oxygen atoms in total. The number of thiol groups is 1. The fourth-order valence-corrected chi connectivity index (χ4v) is 2.02. The summed E-state index contributed by atoms with van der Waals surface area (Å²) in [5, 5.41) is 8.86. The van der Waals surface area contributed by atoms with Crippen molar-refractivity contribution in [2.24, 2.45) is 0 Å². The third-order valence-electron chi connectivity index (χ3n) is 2.18. The van der Waals surface area contributed by atoms with Gasteiger partial charge in [0.2, 0.25) is 0 Å². The van der Waals surface area contributed by atoms with Crippen LogP contribution in [0.1, 0.15) is 16.7 Å². The molecule has 0 saturated carbocycles. The molecule has 0 aromatic heterocycles. The van der Waals surface area contributed by atoms with Gasteiger partial charge in [0.1, 0.15) is 0 Å². The summed E-state index contributed by atoms with van der Waals surface area (Å²) in [4.78, 5) is 11.7. The van der Waals surface area contributed by atoms with E-state index in [1.54, 1.807) is 12.1 Å². The number of esters is 1. The lowest BCUT2D eigenvalue weighted by molar-refractivity contribution is -0.139. The molecule has 84 valence electrons. The van der Waals surface area contributed by atoms with Crippen molar-refractivity contribution >= 4 is 30.2 Å². The van der Waals surface area contributed by atoms with Gasteiger partial charge < -0.3 is 4.74 Å².